The second-order valence-electron chi connectivity index (χ2n) is 6.56. The highest BCUT2D eigenvalue weighted by Crippen LogP contribution is 2.27. The summed E-state index contributed by atoms with van der Waals surface area (Å²) in [4.78, 5) is 12.2. The Balaban J connectivity index is 1.58. The van der Waals surface area contributed by atoms with Gasteiger partial charge in [0.1, 0.15) is 5.82 Å². The molecule has 0 saturated carbocycles. The van der Waals surface area contributed by atoms with Gasteiger partial charge in [-0.2, -0.15) is 5.10 Å². The molecule has 1 aromatic carbocycles. The Hall–Kier alpha value is -2.15. The average Bonchev–Trinajstić information content (AvgIpc) is 3.10. The predicted octanol–water partition coefficient (Wildman–Crippen LogP) is 2.51. The minimum Gasteiger partial charge on any atom is -0.311 e. The Kier molecular flexibility index (Phi) is 5.22. The molecule has 0 radical (unpaired) electrons. The zero-order valence-corrected chi connectivity index (χ0v) is 15.1. The summed E-state index contributed by atoms with van der Waals surface area (Å²) in [6.07, 6.45) is 2.58. The van der Waals surface area contributed by atoms with Crippen LogP contribution in [0.5, 0.6) is 0 Å². The number of hydrogen-bond donors (Lipinski definition) is 1. The molecule has 2 heterocycles. The van der Waals surface area contributed by atoms with Crippen LogP contribution in [-0.4, -0.2) is 35.6 Å². The van der Waals surface area contributed by atoms with Gasteiger partial charge in [0.25, 0.3) is 0 Å². The quantitative estimate of drug-likeness (QED) is 0.857. The number of amides is 1. The SMILES string of the molecule is Cc1cc(NC(=O)CCCc2ccccc2)n(C2CCS(=O)(=O)C2)n1. The molecule has 25 heavy (non-hydrogen) atoms. The van der Waals surface area contributed by atoms with Crippen molar-refractivity contribution < 1.29 is 13.2 Å². The van der Waals surface area contributed by atoms with E-state index in [1.807, 2.05) is 25.1 Å². The van der Waals surface area contributed by atoms with Crippen LogP contribution in [0.2, 0.25) is 0 Å². The van der Waals surface area contributed by atoms with Gasteiger partial charge in [-0.1, -0.05) is 30.3 Å². The molecule has 1 amide bonds. The molecule has 134 valence electrons. The third-order valence-electron chi connectivity index (χ3n) is 4.39. The van der Waals surface area contributed by atoms with E-state index in [0.29, 0.717) is 18.7 Å². The molecular weight excluding hydrogens is 338 g/mol. The summed E-state index contributed by atoms with van der Waals surface area (Å²) in [7, 11) is -3.00. The average molecular weight is 361 g/mol. The van der Waals surface area contributed by atoms with E-state index in [9.17, 15) is 13.2 Å². The zero-order valence-electron chi connectivity index (χ0n) is 14.3. The maximum atomic E-state index is 12.2. The molecule has 1 saturated heterocycles. The molecule has 0 aliphatic carbocycles. The van der Waals surface area contributed by atoms with E-state index < -0.39 is 9.84 Å². The van der Waals surface area contributed by atoms with Crippen LogP contribution < -0.4 is 5.32 Å². The van der Waals surface area contributed by atoms with Crippen molar-refractivity contribution in [3.63, 3.8) is 0 Å². The number of rotatable bonds is 6. The lowest BCUT2D eigenvalue weighted by Gasteiger charge is -2.13. The third-order valence-corrected chi connectivity index (χ3v) is 6.14. The molecule has 1 aliphatic heterocycles. The van der Waals surface area contributed by atoms with Crippen LogP contribution in [0, 0.1) is 6.92 Å². The minimum absolute atomic E-state index is 0.0714. The zero-order chi connectivity index (χ0) is 17.9. The molecule has 6 nitrogen and oxygen atoms in total. The van der Waals surface area contributed by atoms with Crippen LogP contribution in [0.15, 0.2) is 36.4 Å². The summed E-state index contributed by atoms with van der Waals surface area (Å²) in [6, 6.07) is 11.7. The summed E-state index contributed by atoms with van der Waals surface area (Å²) in [5.41, 5.74) is 1.98. The largest absolute Gasteiger partial charge is 0.311 e. The van der Waals surface area contributed by atoms with Gasteiger partial charge in [0.2, 0.25) is 5.91 Å². The summed E-state index contributed by atoms with van der Waals surface area (Å²) in [6.45, 7) is 1.84. The van der Waals surface area contributed by atoms with Crippen molar-refractivity contribution in [2.75, 3.05) is 16.8 Å². The van der Waals surface area contributed by atoms with E-state index in [1.54, 1.807) is 10.7 Å². The van der Waals surface area contributed by atoms with Crippen LogP contribution in [0.25, 0.3) is 0 Å². The lowest BCUT2D eigenvalue weighted by atomic mass is 10.1. The Morgan fingerprint density at radius 3 is 2.76 bits per heavy atom. The molecule has 2 aromatic rings. The predicted molar refractivity (Wildman–Crippen MR) is 97.3 cm³/mol. The van der Waals surface area contributed by atoms with Gasteiger partial charge >= 0.3 is 0 Å². The standard InChI is InChI=1S/C18H23N3O3S/c1-14-12-17(21(20-14)16-10-11-25(23,24)13-16)19-18(22)9-5-8-15-6-3-2-4-7-15/h2-4,6-7,12,16H,5,8-11,13H2,1H3,(H,19,22). The third kappa shape index (κ3) is 4.69. The van der Waals surface area contributed by atoms with Crippen LogP contribution >= 0.6 is 0 Å². The lowest BCUT2D eigenvalue weighted by Crippen LogP contribution is -2.19. The fourth-order valence-electron chi connectivity index (χ4n) is 3.16. The maximum Gasteiger partial charge on any atom is 0.225 e. The Morgan fingerprint density at radius 1 is 1.32 bits per heavy atom. The molecule has 0 spiro atoms. The number of nitrogens with zero attached hydrogens (tertiary/aromatic N) is 2. The van der Waals surface area contributed by atoms with E-state index in [2.05, 4.69) is 22.5 Å². The number of anilines is 1. The highest BCUT2D eigenvalue weighted by molar-refractivity contribution is 7.91. The van der Waals surface area contributed by atoms with E-state index >= 15 is 0 Å². The number of sulfone groups is 1. The van der Waals surface area contributed by atoms with Gasteiger partial charge in [-0.05, 0) is 31.7 Å². The topological polar surface area (TPSA) is 81.1 Å². The number of benzene rings is 1. The van der Waals surface area contributed by atoms with Crippen LogP contribution in [-0.2, 0) is 21.1 Å². The first-order valence-electron chi connectivity index (χ1n) is 8.53. The van der Waals surface area contributed by atoms with Gasteiger partial charge in [-0.25, -0.2) is 13.1 Å². The molecule has 1 unspecified atom stereocenters. The van der Waals surface area contributed by atoms with Crippen molar-refractivity contribution in [3.05, 3.63) is 47.7 Å². The molecule has 0 bridgehead atoms. The monoisotopic (exact) mass is 361 g/mol. The van der Waals surface area contributed by atoms with E-state index in [1.165, 1.54) is 5.56 Å². The van der Waals surface area contributed by atoms with Gasteiger partial charge in [0, 0.05) is 12.5 Å². The molecule has 7 heteroatoms. The molecule has 1 aliphatic rings. The number of carbonyl (C=O) groups is 1. The van der Waals surface area contributed by atoms with Gasteiger partial charge < -0.3 is 5.32 Å². The summed E-state index contributed by atoms with van der Waals surface area (Å²) < 4.78 is 25.1. The van der Waals surface area contributed by atoms with Gasteiger partial charge in [0.05, 0.1) is 23.2 Å². The number of aromatic nitrogens is 2. The van der Waals surface area contributed by atoms with Gasteiger partial charge in [-0.15, -0.1) is 0 Å². The molecule has 1 aromatic heterocycles. The molecule has 1 fully saturated rings. The van der Waals surface area contributed by atoms with Gasteiger partial charge in [0.15, 0.2) is 9.84 Å². The normalized spacial score (nSPS) is 19.0. The van der Waals surface area contributed by atoms with Crippen molar-refractivity contribution in [1.82, 2.24) is 9.78 Å². The summed E-state index contributed by atoms with van der Waals surface area (Å²) in [5.74, 6) is 0.786. The van der Waals surface area contributed by atoms with Crippen molar-refractivity contribution in [1.29, 1.82) is 0 Å². The number of aryl methyl sites for hydroxylation is 2. The van der Waals surface area contributed by atoms with Crippen LogP contribution in [0.1, 0.15) is 36.6 Å². The smallest absolute Gasteiger partial charge is 0.225 e. The fraction of sp³-hybridized carbons (Fsp3) is 0.444. The fourth-order valence-corrected chi connectivity index (χ4v) is 4.85. The van der Waals surface area contributed by atoms with E-state index in [0.717, 1.165) is 18.5 Å². The number of hydrogen-bond acceptors (Lipinski definition) is 4. The first-order chi connectivity index (χ1) is 11.9. The van der Waals surface area contributed by atoms with Crippen LogP contribution in [0.4, 0.5) is 5.82 Å². The molecule has 3 rings (SSSR count). The highest BCUT2D eigenvalue weighted by Gasteiger charge is 2.31. The van der Waals surface area contributed by atoms with E-state index in [-0.39, 0.29) is 23.5 Å². The van der Waals surface area contributed by atoms with Crippen molar-refractivity contribution in [2.45, 2.75) is 38.6 Å². The molecule has 1 N–H and O–H groups in total. The second-order valence-corrected chi connectivity index (χ2v) is 8.79. The van der Waals surface area contributed by atoms with Crippen LogP contribution in [0.3, 0.4) is 0 Å². The maximum absolute atomic E-state index is 12.2. The Labute approximate surface area is 148 Å². The van der Waals surface area contributed by atoms with E-state index in [4.69, 9.17) is 0 Å². The summed E-state index contributed by atoms with van der Waals surface area (Å²) >= 11 is 0. The Bertz CT molecular complexity index is 844. The Morgan fingerprint density at radius 2 is 2.08 bits per heavy atom. The lowest BCUT2D eigenvalue weighted by molar-refractivity contribution is -0.116. The summed E-state index contributed by atoms with van der Waals surface area (Å²) in [5, 5.41) is 7.27. The molecular formula is C18H23N3O3S. The minimum atomic E-state index is -3.00. The first-order valence-corrected chi connectivity index (χ1v) is 10.4. The number of carbonyl (C=O) groups excluding carboxylic acids is 1. The number of nitrogens with one attached hydrogen (secondary N) is 1. The second kappa shape index (κ2) is 7.39. The van der Waals surface area contributed by atoms with Crippen molar-refractivity contribution >= 4 is 21.6 Å². The van der Waals surface area contributed by atoms with Crippen molar-refractivity contribution in [2.24, 2.45) is 0 Å². The first kappa shape index (κ1) is 17.7. The van der Waals surface area contributed by atoms with Gasteiger partial charge in [-0.3, -0.25) is 4.79 Å². The molecule has 1 atom stereocenters. The van der Waals surface area contributed by atoms with Crippen molar-refractivity contribution in [3.8, 4) is 0 Å². The highest BCUT2D eigenvalue weighted by atomic mass is 32.2.